The summed E-state index contributed by atoms with van der Waals surface area (Å²) in [5.74, 6) is 0.694. The lowest BCUT2D eigenvalue weighted by molar-refractivity contribution is 0.0748. The Balaban J connectivity index is 1.56. The van der Waals surface area contributed by atoms with E-state index in [0.717, 1.165) is 5.69 Å². The van der Waals surface area contributed by atoms with Gasteiger partial charge >= 0.3 is 0 Å². The van der Waals surface area contributed by atoms with Crippen LogP contribution >= 0.6 is 11.6 Å². The maximum atomic E-state index is 12.3. The zero-order valence-corrected chi connectivity index (χ0v) is 12.7. The number of hydrogen-bond acceptors (Lipinski definition) is 5. The zero-order chi connectivity index (χ0) is 15.8. The van der Waals surface area contributed by atoms with Crippen molar-refractivity contribution in [1.82, 2.24) is 20.0 Å². The van der Waals surface area contributed by atoms with E-state index in [2.05, 4.69) is 15.1 Å². The highest BCUT2D eigenvalue weighted by Gasteiger charge is 2.29. The number of carbonyl (C=O) groups is 1. The molecule has 0 N–H and O–H groups in total. The number of amides is 1. The van der Waals surface area contributed by atoms with Gasteiger partial charge in [-0.25, -0.2) is 0 Å². The summed E-state index contributed by atoms with van der Waals surface area (Å²) in [7, 11) is 0. The fourth-order valence-corrected chi connectivity index (χ4v) is 2.76. The molecular formula is C16H11ClN4O2. The molecule has 2 aromatic heterocycles. The summed E-state index contributed by atoms with van der Waals surface area (Å²) >= 11 is 6.13. The molecule has 0 fully saturated rings. The van der Waals surface area contributed by atoms with Crippen molar-refractivity contribution in [3.63, 3.8) is 0 Å². The van der Waals surface area contributed by atoms with Crippen LogP contribution in [0.5, 0.6) is 0 Å². The number of fused-ring (bicyclic) bond motifs is 1. The summed E-state index contributed by atoms with van der Waals surface area (Å²) in [5.41, 5.74) is 2.09. The average Bonchev–Trinajstić information content (AvgIpc) is 3.14. The van der Waals surface area contributed by atoms with Crippen LogP contribution in [0, 0.1) is 0 Å². The van der Waals surface area contributed by atoms with Crippen LogP contribution in [0.4, 0.5) is 0 Å². The highest BCUT2D eigenvalue weighted by molar-refractivity contribution is 6.33. The Bertz CT molecular complexity index is 893. The highest BCUT2D eigenvalue weighted by Crippen LogP contribution is 2.26. The minimum Gasteiger partial charge on any atom is -0.337 e. The van der Waals surface area contributed by atoms with Crippen molar-refractivity contribution in [2.45, 2.75) is 13.1 Å². The Morgan fingerprint density at radius 1 is 1.17 bits per heavy atom. The smallest absolute Gasteiger partial charge is 0.256 e. The van der Waals surface area contributed by atoms with Gasteiger partial charge in [0, 0.05) is 11.8 Å². The summed E-state index contributed by atoms with van der Waals surface area (Å²) in [6, 6.07) is 10.8. The van der Waals surface area contributed by atoms with Crippen LogP contribution in [0.2, 0.25) is 5.02 Å². The van der Waals surface area contributed by atoms with Gasteiger partial charge in [0.05, 0.1) is 22.8 Å². The SMILES string of the molecule is O=C1c2cccnc2CN1Cc1nc(-c2ccccc2Cl)no1. The first kappa shape index (κ1) is 13.9. The fourth-order valence-electron chi connectivity index (χ4n) is 2.54. The van der Waals surface area contributed by atoms with Gasteiger partial charge < -0.3 is 9.42 Å². The monoisotopic (exact) mass is 326 g/mol. The maximum Gasteiger partial charge on any atom is 0.256 e. The van der Waals surface area contributed by atoms with Crippen LogP contribution in [-0.4, -0.2) is 25.9 Å². The van der Waals surface area contributed by atoms with Crippen molar-refractivity contribution in [3.8, 4) is 11.4 Å². The maximum absolute atomic E-state index is 12.3. The topological polar surface area (TPSA) is 72.1 Å². The van der Waals surface area contributed by atoms with Crippen molar-refractivity contribution in [2.75, 3.05) is 0 Å². The zero-order valence-electron chi connectivity index (χ0n) is 11.9. The normalized spacial score (nSPS) is 13.4. The molecule has 1 aromatic carbocycles. The number of pyridine rings is 1. The lowest BCUT2D eigenvalue weighted by Crippen LogP contribution is -2.23. The average molecular weight is 327 g/mol. The van der Waals surface area contributed by atoms with Crippen LogP contribution in [0.1, 0.15) is 21.9 Å². The number of rotatable bonds is 3. The van der Waals surface area contributed by atoms with E-state index in [1.54, 1.807) is 29.3 Å². The third-order valence-electron chi connectivity index (χ3n) is 3.66. The molecule has 1 aliphatic heterocycles. The Morgan fingerprint density at radius 3 is 2.83 bits per heavy atom. The van der Waals surface area contributed by atoms with Gasteiger partial charge in [0.2, 0.25) is 11.7 Å². The van der Waals surface area contributed by atoms with Crippen molar-refractivity contribution >= 4 is 17.5 Å². The van der Waals surface area contributed by atoms with E-state index in [-0.39, 0.29) is 12.5 Å². The molecule has 7 heteroatoms. The van der Waals surface area contributed by atoms with E-state index in [4.69, 9.17) is 16.1 Å². The van der Waals surface area contributed by atoms with Crippen LogP contribution in [0.25, 0.3) is 11.4 Å². The van der Waals surface area contributed by atoms with E-state index in [0.29, 0.717) is 34.4 Å². The second-order valence-corrected chi connectivity index (χ2v) is 5.56. The van der Waals surface area contributed by atoms with E-state index < -0.39 is 0 Å². The Labute approximate surface area is 136 Å². The molecule has 0 radical (unpaired) electrons. The van der Waals surface area contributed by atoms with Gasteiger partial charge in [0.1, 0.15) is 6.54 Å². The molecule has 114 valence electrons. The molecule has 6 nitrogen and oxygen atoms in total. The van der Waals surface area contributed by atoms with Gasteiger partial charge in [-0.15, -0.1) is 0 Å². The lowest BCUT2D eigenvalue weighted by atomic mass is 10.2. The molecule has 0 spiro atoms. The quantitative estimate of drug-likeness (QED) is 0.740. The molecule has 0 atom stereocenters. The fraction of sp³-hybridized carbons (Fsp3) is 0.125. The molecule has 1 aliphatic rings. The third-order valence-corrected chi connectivity index (χ3v) is 3.99. The molecule has 0 saturated carbocycles. The summed E-state index contributed by atoms with van der Waals surface area (Å²) in [5, 5.41) is 4.49. The number of nitrogens with zero attached hydrogens (tertiary/aromatic N) is 4. The molecule has 4 rings (SSSR count). The summed E-state index contributed by atoms with van der Waals surface area (Å²) in [6.07, 6.45) is 1.68. The van der Waals surface area contributed by atoms with Crippen LogP contribution in [0.15, 0.2) is 47.1 Å². The molecule has 1 amide bonds. The van der Waals surface area contributed by atoms with Crippen molar-refractivity contribution in [2.24, 2.45) is 0 Å². The van der Waals surface area contributed by atoms with E-state index in [1.807, 2.05) is 18.2 Å². The second-order valence-electron chi connectivity index (χ2n) is 5.15. The first-order valence-corrected chi connectivity index (χ1v) is 7.41. The summed E-state index contributed by atoms with van der Waals surface area (Å²) < 4.78 is 5.25. The Hall–Kier alpha value is -2.73. The number of benzene rings is 1. The predicted octanol–water partition coefficient (Wildman–Crippen LogP) is 2.94. The van der Waals surface area contributed by atoms with Crippen molar-refractivity contribution in [3.05, 3.63) is 64.8 Å². The number of aromatic nitrogens is 3. The van der Waals surface area contributed by atoms with Gasteiger partial charge in [-0.05, 0) is 24.3 Å². The van der Waals surface area contributed by atoms with Gasteiger partial charge in [-0.3, -0.25) is 9.78 Å². The van der Waals surface area contributed by atoms with Crippen LogP contribution in [-0.2, 0) is 13.1 Å². The van der Waals surface area contributed by atoms with Crippen molar-refractivity contribution < 1.29 is 9.32 Å². The van der Waals surface area contributed by atoms with E-state index >= 15 is 0 Å². The van der Waals surface area contributed by atoms with E-state index in [9.17, 15) is 4.79 Å². The minimum absolute atomic E-state index is 0.0782. The highest BCUT2D eigenvalue weighted by atomic mass is 35.5. The molecule has 3 heterocycles. The molecule has 23 heavy (non-hydrogen) atoms. The van der Waals surface area contributed by atoms with Gasteiger partial charge in [-0.2, -0.15) is 4.98 Å². The second kappa shape index (κ2) is 5.48. The molecule has 0 unspecified atom stereocenters. The van der Waals surface area contributed by atoms with Gasteiger partial charge in [-0.1, -0.05) is 28.9 Å². The molecule has 0 aliphatic carbocycles. The largest absolute Gasteiger partial charge is 0.337 e. The first-order valence-electron chi connectivity index (χ1n) is 7.03. The van der Waals surface area contributed by atoms with Crippen LogP contribution < -0.4 is 0 Å². The lowest BCUT2D eigenvalue weighted by Gasteiger charge is -2.11. The van der Waals surface area contributed by atoms with Gasteiger partial charge in [0.15, 0.2) is 0 Å². The number of hydrogen-bond donors (Lipinski definition) is 0. The predicted molar refractivity (Wildman–Crippen MR) is 82.6 cm³/mol. The number of carbonyl (C=O) groups excluding carboxylic acids is 1. The Morgan fingerprint density at radius 2 is 2.00 bits per heavy atom. The summed E-state index contributed by atoms with van der Waals surface area (Å²) in [6.45, 7) is 0.686. The Kier molecular flexibility index (Phi) is 3.31. The molecule has 3 aromatic rings. The first-order chi connectivity index (χ1) is 11.2. The minimum atomic E-state index is -0.0782. The molecular weight excluding hydrogens is 316 g/mol. The summed E-state index contributed by atoms with van der Waals surface area (Å²) in [4.78, 5) is 22.5. The number of halogens is 1. The van der Waals surface area contributed by atoms with Gasteiger partial charge in [0.25, 0.3) is 5.91 Å². The van der Waals surface area contributed by atoms with Crippen LogP contribution in [0.3, 0.4) is 0 Å². The standard InChI is InChI=1S/C16H11ClN4O2/c17-12-6-2-1-4-10(12)15-19-14(23-20-15)9-21-8-13-11(16(21)22)5-3-7-18-13/h1-7H,8-9H2. The van der Waals surface area contributed by atoms with E-state index in [1.165, 1.54) is 0 Å². The molecule has 0 saturated heterocycles. The van der Waals surface area contributed by atoms with Crippen molar-refractivity contribution in [1.29, 1.82) is 0 Å². The molecule has 0 bridgehead atoms. The third kappa shape index (κ3) is 2.47.